The lowest BCUT2D eigenvalue weighted by atomic mass is 10.0. The van der Waals surface area contributed by atoms with Crippen molar-refractivity contribution >= 4 is 17.6 Å². The molecule has 1 atom stereocenters. The van der Waals surface area contributed by atoms with Crippen molar-refractivity contribution in [3.05, 3.63) is 29.3 Å². The van der Waals surface area contributed by atoms with Crippen LogP contribution in [0.25, 0.3) is 0 Å². The number of nitrogens with one attached hydrogen (secondary N) is 1. The summed E-state index contributed by atoms with van der Waals surface area (Å²) in [6.07, 6.45) is 0.609. The highest BCUT2D eigenvalue weighted by Gasteiger charge is 2.15. The second kappa shape index (κ2) is 6.33. The molecular weight excluding hydrogens is 244 g/mol. The zero-order valence-electron chi connectivity index (χ0n) is 11.4. The number of anilines is 1. The minimum absolute atomic E-state index is 0.226. The van der Waals surface area contributed by atoms with Crippen LogP contribution >= 0.6 is 0 Å². The molecule has 0 radical (unpaired) electrons. The molecule has 0 bridgehead atoms. The van der Waals surface area contributed by atoms with Gasteiger partial charge in [0, 0.05) is 5.69 Å². The van der Waals surface area contributed by atoms with E-state index in [9.17, 15) is 9.59 Å². The number of aromatic carboxylic acids is 1. The van der Waals surface area contributed by atoms with Gasteiger partial charge in [-0.2, -0.15) is 0 Å². The van der Waals surface area contributed by atoms with Gasteiger partial charge in [-0.05, 0) is 43.0 Å². The van der Waals surface area contributed by atoms with Crippen molar-refractivity contribution in [2.75, 3.05) is 5.32 Å². The number of carbonyl (C=O) groups is 2. The molecule has 0 unspecified atom stereocenters. The van der Waals surface area contributed by atoms with Gasteiger partial charge in [-0.15, -0.1) is 0 Å². The zero-order valence-corrected chi connectivity index (χ0v) is 11.4. The van der Waals surface area contributed by atoms with Gasteiger partial charge in [0.05, 0.1) is 11.6 Å². The second-order valence-corrected chi connectivity index (χ2v) is 5.06. The fraction of sp³-hybridized carbons (Fsp3) is 0.429. The SMILES string of the molecule is Cc1cc(NC(=O)[C@H](N)CC(C)C)ccc1C(=O)O. The Bertz CT molecular complexity index is 484. The summed E-state index contributed by atoms with van der Waals surface area (Å²) < 4.78 is 0. The average molecular weight is 264 g/mol. The monoisotopic (exact) mass is 264 g/mol. The number of nitrogens with two attached hydrogens (primary N) is 1. The van der Waals surface area contributed by atoms with Crippen LogP contribution in [-0.2, 0) is 4.79 Å². The number of benzene rings is 1. The predicted molar refractivity (Wildman–Crippen MR) is 74.2 cm³/mol. The van der Waals surface area contributed by atoms with Crippen molar-refractivity contribution in [3.63, 3.8) is 0 Å². The van der Waals surface area contributed by atoms with Crippen molar-refractivity contribution in [3.8, 4) is 0 Å². The van der Waals surface area contributed by atoms with Crippen LogP contribution in [0, 0.1) is 12.8 Å². The third-order valence-corrected chi connectivity index (χ3v) is 2.79. The van der Waals surface area contributed by atoms with E-state index in [1.54, 1.807) is 19.1 Å². The molecule has 0 fully saturated rings. The minimum atomic E-state index is -0.980. The van der Waals surface area contributed by atoms with Crippen molar-refractivity contribution in [1.29, 1.82) is 0 Å². The van der Waals surface area contributed by atoms with Crippen LogP contribution in [0.15, 0.2) is 18.2 Å². The van der Waals surface area contributed by atoms with E-state index in [-0.39, 0.29) is 11.5 Å². The fourth-order valence-corrected chi connectivity index (χ4v) is 1.83. The van der Waals surface area contributed by atoms with Crippen LogP contribution in [0.1, 0.15) is 36.2 Å². The molecule has 0 saturated carbocycles. The Morgan fingerprint density at radius 1 is 1.37 bits per heavy atom. The topological polar surface area (TPSA) is 92.4 Å². The first-order valence-electron chi connectivity index (χ1n) is 6.21. The molecule has 5 heteroatoms. The van der Waals surface area contributed by atoms with Crippen LogP contribution in [0.2, 0.25) is 0 Å². The zero-order chi connectivity index (χ0) is 14.6. The Hall–Kier alpha value is -1.88. The fourth-order valence-electron chi connectivity index (χ4n) is 1.83. The maximum Gasteiger partial charge on any atom is 0.335 e. The number of amides is 1. The first kappa shape index (κ1) is 15.2. The van der Waals surface area contributed by atoms with Gasteiger partial charge in [-0.3, -0.25) is 4.79 Å². The van der Waals surface area contributed by atoms with E-state index in [2.05, 4.69) is 5.32 Å². The molecule has 1 rings (SSSR count). The van der Waals surface area contributed by atoms with Gasteiger partial charge in [-0.1, -0.05) is 13.8 Å². The average Bonchev–Trinajstić information content (AvgIpc) is 2.27. The molecule has 0 saturated heterocycles. The van der Waals surface area contributed by atoms with Gasteiger partial charge < -0.3 is 16.2 Å². The molecule has 1 amide bonds. The van der Waals surface area contributed by atoms with Gasteiger partial charge in [0.25, 0.3) is 0 Å². The van der Waals surface area contributed by atoms with Crippen LogP contribution in [0.4, 0.5) is 5.69 Å². The third kappa shape index (κ3) is 4.37. The molecule has 0 aliphatic carbocycles. The van der Waals surface area contributed by atoms with Gasteiger partial charge in [0.15, 0.2) is 0 Å². The highest BCUT2D eigenvalue weighted by Crippen LogP contribution is 2.16. The molecule has 0 aliphatic heterocycles. The molecule has 5 nitrogen and oxygen atoms in total. The maximum absolute atomic E-state index is 11.8. The predicted octanol–water partition coefficient (Wildman–Crippen LogP) is 2.01. The van der Waals surface area contributed by atoms with E-state index in [0.29, 0.717) is 23.6 Å². The lowest BCUT2D eigenvalue weighted by Gasteiger charge is -2.14. The summed E-state index contributed by atoms with van der Waals surface area (Å²) in [7, 11) is 0. The molecule has 1 aromatic carbocycles. The molecule has 19 heavy (non-hydrogen) atoms. The van der Waals surface area contributed by atoms with E-state index in [1.165, 1.54) is 6.07 Å². The standard InChI is InChI=1S/C14H20N2O3/c1-8(2)6-12(15)13(17)16-10-4-5-11(14(18)19)9(3)7-10/h4-5,7-8,12H,6,15H2,1-3H3,(H,16,17)(H,18,19)/t12-/m1/s1. The van der Waals surface area contributed by atoms with Crippen molar-refractivity contribution in [2.24, 2.45) is 11.7 Å². The van der Waals surface area contributed by atoms with Gasteiger partial charge in [0.1, 0.15) is 0 Å². The Labute approximate surface area is 112 Å². The first-order chi connectivity index (χ1) is 8.81. The smallest absolute Gasteiger partial charge is 0.335 e. The second-order valence-electron chi connectivity index (χ2n) is 5.06. The molecule has 0 spiro atoms. The molecule has 1 aromatic rings. The van der Waals surface area contributed by atoms with E-state index in [1.807, 2.05) is 13.8 Å². The highest BCUT2D eigenvalue weighted by atomic mass is 16.4. The van der Waals surface area contributed by atoms with Crippen molar-refractivity contribution in [1.82, 2.24) is 0 Å². The first-order valence-corrected chi connectivity index (χ1v) is 6.21. The summed E-state index contributed by atoms with van der Waals surface area (Å²) >= 11 is 0. The number of carbonyl (C=O) groups excluding carboxylic acids is 1. The number of aryl methyl sites for hydroxylation is 1. The Morgan fingerprint density at radius 2 is 2.00 bits per heavy atom. The lowest BCUT2D eigenvalue weighted by molar-refractivity contribution is -0.117. The van der Waals surface area contributed by atoms with Crippen molar-refractivity contribution in [2.45, 2.75) is 33.2 Å². The molecule has 0 heterocycles. The van der Waals surface area contributed by atoms with Gasteiger partial charge in [0.2, 0.25) is 5.91 Å². The number of carboxylic acid groups (broad SMARTS) is 1. The summed E-state index contributed by atoms with van der Waals surface area (Å²) in [5.41, 5.74) is 7.16. The van der Waals surface area contributed by atoms with Crippen LogP contribution in [-0.4, -0.2) is 23.0 Å². The normalized spacial score (nSPS) is 12.3. The minimum Gasteiger partial charge on any atom is -0.478 e. The summed E-state index contributed by atoms with van der Waals surface area (Å²) in [6, 6.07) is 4.11. The highest BCUT2D eigenvalue weighted by molar-refractivity contribution is 5.96. The van der Waals surface area contributed by atoms with Crippen LogP contribution in [0.3, 0.4) is 0 Å². The van der Waals surface area contributed by atoms with Gasteiger partial charge >= 0.3 is 5.97 Å². The van der Waals surface area contributed by atoms with Crippen molar-refractivity contribution < 1.29 is 14.7 Å². The number of rotatable bonds is 5. The number of hydrogen-bond acceptors (Lipinski definition) is 3. The summed E-state index contributed by atoms with van der Waals surface area (Å²) in [6.45, 7) is 5.69. The summed E-state index contributed by atoms with van der Waals surface area (Å²) in [5.74, 6) is -0.889. The van der Waals surface area contributed by atoms with E-state index >= 15 is 0 Å². The molecule has 0 aromatic heterocycles. The lowest BCUT2D eigenvalue weighted by Crippen LogP contribution is -2.36. The quantitative estimate of drug-likeness (QED) is 0.758. The van der Waals surface area contributed by atoms with Gasteiger partial charge in [-0.25, -0.2) is 4.79 Å². The Balaban J connectivity index is 2.75. The molecule has 4 N–H and O–H groups in total. The number of hydrogen-bond donors (Lipinski definition) is 3. The largest absolute Gasteiger partial charge is 0.478 e. The van der Waals surface area contributed by atoms with E-state index < -0.39 is 12.0 Å². The van der Waals surface area contributed by atoms with E-state index in [4.69, 9.17) is 10.8 Å². The third-order valence-electron chi connectivity index (χ3n) is 2.79. The summed E-state index contributed by atoms with van der Waals surface area (Å²) in [5, 5.41) is 11.6. The Kier molecular flexibility index (Phi) is 5.06. The van der Waals surface area contributed by atoms with Crippen LogP contribution in [0.5, 0.6) is 0 Å². The Morgan fingerprint density at radius 3 is 2.47 bits per heavy atom. The maximum atomic E-state index is 11.8. The summed E-state index contributed by atoms with van der Waals surface area (Å²) in [4.78, 5) is 22.7. The molecule has 104 valence electrons. The number of carboxylic acids is 1. The molecular formula is C14H20N2O3. The molecule has 0 aliphatic rings. The van der Waals surface area contributed by atoms with Crippen LogP contribution < -0.4 is 11.1 Å². The van der Waals surface area contributed by atoms with E-state index in [0.717, 1.165) is 0 Å².